The van der Waals surface area contributed by atoms with Crippen molar-refractivity contribution in [2.45, 2.75) is 32.1 Å². The minimum Gasteiger partial charge on any atom is -0.455 e. The number of hydrogen-bond donors (Lipinski definition) is 2. The average Bonchev–Trinajstić information content (AvgIpc) is 3.77. The van der Waals surface area contributed by atoms with Crippen LogP contribution in [0.3, 0.4) is 0 Å². The van der Waals surface area contributed by atoms with Crippen molar-refractivity contribution in [1.82, 2.24) is 10.6 Å². The lowest BCUT2D eigenvalue weighted by molar-refractivity contribution is 0.0946. The molecule has 1 aliphatic rings. The van der Waals surface area contributed by atoms with Gasteiger partial charge in [0.2, 0.25) is 0 Å². The van der Waals surface area contributed by atoms with Crippen molar-refractivity contribution >= 4 is 28.5 Å². The van der Waals surface area contributed by atoms with Crippen LogP contribution in [0.15, 0.2) is 95.4 Å². The molecule has 44 heavy (non-hydrogen) atoms. The minimum atomic E-state index is -0.367. The average molecular weight is 590 g/mol. The van der Waals surface area contributed by atoms with E-state index in [0.717, 1.165) is 42.7 Å². The van der Waals surface area contributed by atoms with E-state index in [2.05, 4.69) is 41.5 Å². The molecule has 0 spiro atoms. The van der Waals surface area contributed by atoms with Crippen molar-refractivity contribution in [2.24, 2.45) is 0 Å². The Labute approximate surface area is 256 Å². The highest BCUT2D eigenvalue weighted by atomic mass is 19.1. The summed E-state index contributed by atoms with van der Waals surface area (Å²) in [6.45, 7) is 6.27. The number of anilines is 1. The predicted molar refractivity (Wildman–Crippen MR) is 174 cm³/mol. The lowest BCUT2D eigenvalue weighted by Crippen LogP contribution is -2.32. The Hall–Kier alpha value is -4.91. The summed E-state index contributed by atoms with van der Waals surface area (Å²) in [6, 6.07) is 27.8. The van der Waals surface area contributed by atoms with E-state index in [1.807, 2.05) is 54.6 Å². The number of carbonyl (C=O) groups is 2. The van der Waals surface area contributed by atoms with E-state index in [0.29, 0.717) is 40.0 Å². The molecule has 0 saturated heterocycles. The first kappa shape index (κ1) is 29.2. The van der Waals surface area contributed by atoms with Crippen LogP contribution in [0.1, 0.15) is 53.0 Å². The molecule has 224 valence electrons. The van der Waals surface area contributed by atoms with Crippen LogP contribution in [-0.4, -0.2) is 38.5 Å². The molecule has 0 atom stereocenters. The number of nitrogens with zero attached hydrogens (tertiary/aromatic N) is 1. The van der Waals surface area contributed by atoms with E-state index >= 15 is 0 Å². The SMILES string of the molecule is CCN(CC)c1cc2oc(-c3ccc(F)cc3)c(C(=O)NC)c2cc1-c1cccc(C(=O)NCC2(c3ccccc3)CC2)c1. The molecule has 2 N–H and O–H groups in total. The lowest BCUT2D eigenvalue weighted by atomic mass is 9.95. The summed E-state index contributed by atoms with van der Waals surface area (Å²) in [5.41, 5.74) is 6.06. The third kappa shape index (κ3) is 5.46. The van der Waals surface area contributed by atoms with Gasteiger partial charge in [0, 0.05) is 65.9 Å². The Morgan fingerprint density at radius 2 is 1.59 bits per heavy atom. The first-order valence-corrected chi connectivity index (χ1v) is 15.1. The number of halogens is 1. The normalized spacial score (nSPS) is 13.5. The number of carbonyl (C=O) groups excluding carboxylic acids is 2. The standard InChI is InChI=1S/C37H36FN3O3/c1-4-41(5-2)31-22-32-30(33(36(43)39-3)34(44-32)24-14-16-28(38)17-15-24)21-29(31)25-10-9-11-26(20-25)35(42)40-23-37(18-19-37)27-12-7-6-8-13-27/h6-17,20-22H,4-5,18-19,23H2,1-3H3,(H,39,43)(H,40,42). The smallest absolute Gasteiger partial charge is 0.255 e. The number of nitrogens with one attached hydrogen (secondary N) is 2. The van der Waals surface area contributed by atoms with Crippen LogP contribution in [0.4, 0.5) is 10.1 Å². The van der Waals surface area contributed by atoms with Crippen molar-refractivity contribution in [1.29, 1.82) is 0 Å². The molecule has 1 heterocycles. The van der Waals surface area contributed by atoms with Gasteiger partial charge in [-0.1, -0.05) is 42.5 Å². The monoisotopic (exact) mass is 589 g/mol. The molecule has 6 nitrogen and oxygen atoms in total. The first-order valence-electron chi connectivity index (χ1n) is 15.1. The maximum Gasteiger partial charge on any atom is 0.255 e. The number of rotatable bonds is 10. The number of benzene rings is 4. The topological polar surface area (TPSA) is 74.6 Å². The van der Waals surface area contributed by atoms with Crippen LogP contribution in [0, 0.1) is 5.82 Å². The van der Waals surface area contributed by atoms with Gasteiger partial charge in [0.25, 0.3) is 11.8 Å². The minimum absolute atomic E-state index is 0.00918. The Balaban J connectivity index is 1.41. The molecule has 1 aromatic heterocycles. The molecule has 7 heteroatoms. The molecule has 0 bridgehead atoms. The zero-order chi connectivity index (χ0) is 30.8. The number of amides is 2. The Morgan fingerprint density at radius 3 is 2.25 bits per heavy atom. The zero-order valence-electron chi connectivity index (χ0n) is 25.2. The first-order chi connectivity index (χ1) is 21.4. The third-order valence-electron chi connectivity index (χ3n) is 8.73. The molecule has 0 radical (unpaired) electrons. The van der Waals surface area contributed by atoms with E-state index in [1.165, 1.54) is 17.7 Å². The van der Waals surface area contributed by atoms with E-state index in [4.69, 9.17) is 4.42 Å². The summed E-state index contributed by atoms with van der Waals surface area (Å²) in [5, 5.41) is 6.55. The summed E-state index contributed by atoms with van der Waals surface area (Å²) in [7, 11) is 1.58. The molecule has 1 saturated carbocycles. The molecule has 6 rings (SSSR count). The van der Waals surface area contributed by atoms with Gasteiger partial charge in [0.1, 0.15) is 17.2 Å². The van der Waals surface area contributed by atoms with Crippen LogP contribution in [0.25, 0.3) is 33.4 Å². The van der Waals surface area contributed by atoms with Gasteiger partial charge >= 0.3 is 0 Å². The second-order valence-corrected chi connectivity index (χ2v) is 11.3. The quantitative estimate of drug-likeness (QED) is 0.176. The number of furan rings is 1. The summed E-state index contributed by atoms with van der Waals surface area (Å²) < 4.78 is 20.0. The van der Waals surface area contributed by atoms with Gasteiger partial charge in [-0.05, 0) is 80.3 Å². The highest BCUT2D eigenvalue weighted by molar-refractivity contribution is 6.13. The molecule has 2 amide bonds. The van der Waals surface area contributed by atoms with Gasteiger partial charge in [-0.2, -0.15) is 0 Å². The Bertz CT molecular complexity index is 1820. The second kappa shape index (κ2) is 12.0. The van der Waals surface area contributed by atoms with Crippen LogP contribution in [0.2, 0.25) is 0 Å². The van der Waals surface area contributed by atoms with Gasteiger partial charge in [0.05, 0.1) is 5.56 Å². The molecule has 1 fully saturated rings. The summed E-state index contributed by atoms with van der Waals surface area (Å²) in [5.74, 6) is -0.408. The van der Waals surface area contributed by atoms with Gasteiger partial charge in [0.15, 0.2) is 0 Å². The van der Waals surface area contributed by atoms with E-state index in [-0.39, 0.29) is 23.0 Å². The van der Waals surface area contributed by atoms with Crippen LogP contribution in [-0.2, 0) is 5.41 Å². The highest BCUT2D eigenvalue weighted by Crippen LogP contribution is 2.47. The fourth-order valence-corrected chi connectivity index (χ4v) is 6.03. The summed E-state index contributed by atoms with van der Waals surface area (Å²) >= 11 is 0. The molecule has 4 aromatic carbocycles. The largest absolute Gasteiger partial charge is 0.455 e. The Kier molecular flexibility index (Phi) is 7.95. The lowest BCUT2D eigenvalue weighted by Gasteiger charge is -2.24. The van der Waals surface area contributed by atoms with Crippen molar-refractivity contribution in [2.75, 3.05) is 31.6 Å². The maximum absolute atomic E-state index is 13.7. The van der Waals surface area contributed by atoms with Crippen LogP contribution in [0.5, 0.6) is 0 Å². The fourth-order valence-electron chi connectivity index (χ4n) is 6.03. The van der Waals surface area contributed by atoms with E-state index in [9.17, 15) is 14.0 Å². The fraction of sp³-hybridized carbons (Fsp3) is 0.243. The molecule has 0 unspecified atom stereocenters. The van der Waals surface area contributed by atoms with Gasteiger partial charge in [-0.25, -0.2) is 4.39 Å². The number of hydrogen-bond acceptors (Lipinski definition) is 4. The van der Waals surface area contributed by atoms with Gasteiger partial charge in [-0.15, -0.1) is 0 Å². The van der Waals surface area contributed by atoms with Gasteiger partial charge in [-0.3, -0.25) is 9.59 Å². The zero-order valence-corrected chi connectivity index (χ0v) is 25.2. The maximum atomic E-state index is 13.7. The van der Waals surface area contributed by atoms with Crippen molar-refractivity contribution in [3.8, 4) is 22.5 Å². The third-order valence-corrected chi connectivity index (χ3v) is 8.73. The molecule has 0 aliphatic heterocycles. The highest BCUT2D eigenvalue weighted by Gasteiger charge is 2.44. The second-order valence-electron chi connectivity index (χ2n) is 11.3. The van der Waals surface area contributed by atoms with Crippen LogP contribution < -0.4 is 15.5 Å². The molecule has 5 aromatic rings. The van der Waals surface area contributed by atoms with Crippen molar-refractivity contribution in [3.63, 3.8) is 0 Å². The van der Waals surface area contributed by atoms with Crippen molar-refractivity contribution in [3.05, 3.63) is 114 Å². The molecular weight excluding hydrogens is 553 g/mol. The predicted octanol–water partition coefficient (Wildman–Crippen LogP) is 7.57. The summed E-state index contributed by atoms with van der Waals surface area (Å²) in [4.78, 5) is 28.9. The summed E-state index contributed by atoms with van der Waals surface area (Å²) in [6.07, 6.45) is 2.12. The van der Waals surface area contributed by atoms with Gasteiger partial charge < -0.3 is 20.0 Å². The van der Waals surface area contributed by atoms with Crippen molar-refractivity contribution < 1.29 is 18.4 Å². The van der Waals surface area contributed by atoms with E-state index in [1.54, 1.807) is 19.2 Å². The molecular formula is C37H36FN3O3. The van der Waals surface area contributed by atoms with Crippen LogP contribution >= 0.6 is 0 Å². The number of fused-ring (bicyclic) bond motifs is 1. The van der Waals surface area contributed by atoms with E-state index < -0.39 is 0 Å². The molecule has 1 aliphatic carbocycles. The Morgan fingerprint density at radius 1 is 0.864 bits per heavy atom.